The van der Waals surface area contributed by atoms with E-state index in [0.717, 1.165) is 26.6 Å². The Morgan fingerprint density at radius 3 is 2.90 bits per heavy atom. The van der Waals surface area contributed by atoms with Crippen LogP contribution in [-0.2, 0) is 6.54 Å². The van der Waals surface area contributed by atoms with E-state index in [-0.39, 0.29) is 0 Å². The van der Waals surface area contributed by atoms with E-state index in [4.69, 9.17) is 4.74 Å². The molecule has 1 aromatic heterocycles. The van der Waals surface area contributed by atoms with Gasteiger partial charge in [0.1, 0.15) is 11.8 Å². The van der Waals surface area contributed by atoms with Crippen LogP contribution >= 0.6 is 38.5 Å². The molecule has 2 aromatic rings. The molecule has 0 aliphatic heterocycles. The molecule has 1 N–H and O–H groups in total. The highest BCUT2D eigenvalue weighted by molar-refractivity contribution is 14.1. The minimum atomic E-state index is -0.761. The molecule has 1 atom stereocenters. The minimum Gasteiger partial charge on any atom is -0.493 e. The number of aromatic nitrogens is 2. The van der Waals surface area contributed by atoms with Gasteiger partial charge >= 0.3 is 0 Å². The molecule has 0 aliphatic carbocycles. The molecule has 0 amide bonds. The molecule has 0 spiro atoms. The zero-order chi connectivity index (χ0) is 14.7. The Balaban J connectivity index is 2.48. The molecule has 0 saturated carbocycles. The molecule has 6 heteroatoms. The number of hydrogen-bond acceptors (Lipinski definition) is 3. The Kier molecular flexibility index (Phi) is 5.45. The van der Waals surface area contributed by atoms with E-state index < -0.39 is 6.10 Å². The molecule has 4 nitrogen and oxygen atoms in total. The van der Waals surface area contributed by atoms with Crippen LogP contribution in [0.1, 0.15) is 30.7 Å². The second-order valence-electron chi connectivity index (χ2n) is 4.39. The lowest BCUT2D eigenvalue weighted by molar-refractivity contribution is 0.201. The van der Waals surface area contributed by atoms with Crippen molar-refractivity contribution in [3.8, 4) is 5.75 Å². The lowest BCUT2D eigenvalue weighted by atomic mass is 10.1. The highest BCUT2D eigenvalue weighted by atomic mass is 127. The SMILES string of the molecule is CCCn1ncc(OC)c1C(O)c1cc(Br)ccc1I. The first kappa shape index (κ1) is 15.8. The van der Waals surface area contributed by atoms with Gasteiger partial charge in [0.25, 0.3) is 0 Å². The number of nitrogens with zero attached hydrogens (tertiary/aromatic N) is 2. The van der Waals surface area contributed by atoms with Gasteiger partial charge in [0.2, 0.25) is 0 Å². The third-order valence-corrected chi connectivity index (χ3v) is 4.49. The third-order valence-electron chi connectivity index (χ3n) is 3.01. The van der Waals surface area contributed by atoms with Gasteiger partial charge in [-0.1, -0.05) is 22.9 Å². The van der Waals surface area contributed by atoms with Gasteiger partial charge in [-0.2, -0.15) is 5.10 Å². The third kappa shape index (κ3) is 3.17. The average Bonchev–Trinajstić information content (AvgIpc) is 2.84. The van der Waals surface area contributed by atoms with Crippen molar-refractivity contribution in [2.75, 3.05) is 7.11 Å². The number of aliphatic hydroxyl groups is 1. The molecule has 108 valence electrons. The number of aryl methyl sites for hydroxylation is 1. The quantitative estimate of drug-likeness (QED) is 0.705. The number of rotatable bonds is 5. The fourth-order valence-corrected chi connectivity index (χ4v) is 3.08. The topological polar surface area (TPSA) is 47.3 Å². The van der Waals surface area contributed by atoms with Crippen LogP contribution in [0.4, 0.5) is 0 Å². The maximum atomic E-state index is 10.7. The number of hydrogen-bond donors (Lipinski definition) is 1. The van der Waals surface area contributed by atoms with Crippen LogP contribution < -0.4 is 4.74 Å². The van der Waals surface area contributed by atoms with Crippen LogP contribution in [0, 0.1) is 3.57 Å². The van der Waals surface area contributed by atoms with Gasteiger partial charge in [0.05, 0.1) is 13.3 Å². The molecular weight excluding hydrogens is 435 g/mol. The van der Waals surface area contributed by atoms with E-state index >= 15 is 0 Å². The standard InChI is InChI=1S/C14H16BrIN2O2/c1-3-6-18-13(12(20-2)8-17-18)14(19)10-7-9(15)4-5-11(10)16/h4-5,7-8,14,19H,3,6H2,1-2H3. The summed E-state index contributed by atoms with van der Waals surface area (Å²) in [6.45, 7) is 2.83. The van der Waals surface area contributed by atoms with Crippen molar-refractivity contribution in [3.05, 3.63) is 43.7 Å². The molecule has 0 bridgehead atoms. The van der Waals surface area contributed by atoms with Crippen molar-refractivity contribution in [3.63, 3.8) is 0 Å². The lowest BCUT2D eigenvalue weighted by Crippen LogP contribution is -2.12. The van der Waals surface area contributed by atoms with Gasteiger partial charge in [0, 0.05) is 20.2 Å². The maximum absolute atomic E-state index is 10.7. The first-order chi connectivity index (χ1) is 9.58. The van der Waals surface area contributed by atoms with Crippen LogP contribution in [0.2, 0.25) is 0 Å². The monoisotopic (exact) mass is 450 g/mol. The smallest absolute Gasteiger partial charge is 0.163 e. The van der Waals surface area contributed by atoms with Crippen LogP contribution in [0.5, 0.6) is 5.75 Å². The molecular formula is C14H16BrIN2O2. The van der Waals surface area contributed by atoms with Crippen molar-refractivity contribution < 1.29 is 9.84 Å². The molecule has 1 heterocycles. The van der Waals surface area contributed by atoms with Gasteiger partial charge in [-0.05, 0) is 47.2 Å². The van der Waals surface area contributed by atoms with Crippen molar-refractivity contribution in [1.29, 1.82) is 0 Å². The van der Waals surface area contributed by atoms with Crippen LogP contribution in [-0.4, -0.2) is 22.0 Å². The predicted octanol–water partition coefficient (Wildman–Crippen LogP) is 3.75. The van der Waals surface area contributed by atoms with Crippen LogP contribution in [0.3, 0.4) is 0 Å². The van der Waals surface area contributed by atoms with Gasteiger partial charge in [-0.3, -0.25) is 4.68 Å². The lowest BCUT2D eigenvalue weighted by Gasteiger charge is -2.16. The summed E-state index contributed by atoms with van der Waals surface area (Å²) in [7, 11) is 1.59. The van der Waals surface area contributed by atoms with Gasteiger partial charge in [0.15, 0.2) is 5.75 Å². The molecule has 0 saturated heterocycles. The summed E-state index contributed by atoms with van der Waals surface area (Å²) in [5, 5.41) is 15.0. The van der Waals surface area contributed by atoms with E-state index in [1.54, 1.807) is 18.0 Å². The zero-order valence-electron chi connectivity index (χ0n) is 11.3. The Hall–Kier alpha value is -0.600. The van der Waals surface area contributed by atoms with Crippen molar-refractivity contribution in [1.82, 2.24) is 9.78 Å². The molecule has 0 radical (unpaired) electrons. The summed E-state index contributed by atoms with van der Waals surface area (Å²) >= 11 is 5.67. The number of aliphatic hydroxyl groups excluding tert-OH is 1. The Labute approximate surface area is 140 Å². The van der Waals surface area contributed by atoms with E-state index in [9.17, 15) is 5.11 Å². The maximum Gasteiger partial charge on any atom is 0.163 e. The second kappa shape index (κ2) is 6.91. The van der Waals surface area contributed by atoms with E-state index in [1.807, 2.05) is 18.2 Å². The van der Waals surface area contributed by atoms with Gasteiger partial charge in [-0.15, -0.1) is 0 Å². The normalized spacial score (nSPS) is 12.4. The largest absolute Gasteiger partial charge is 0.493 e. The summed E-state index contributed by atoms with van der Waals surface area (Å²) < 4.78 is 9.08. The van der Waals surface area contributed by atoms with Crippen molar-refractivity contribution in [2.24, 2.45) is 0 Å². The fourth-order valence-electron chi connectivity index (χ4n) is 2.07. The molecule has 1 aromatic carbocycles. The molecule has 20 heavy (non-hydrogen) atoms. The van der Waals surface area contributed by atoms with E-state index in [2.05, 4.69) is 50.5 Å². The number of ether oxygens (including phenoxy) is 1. The number of methoxy groups -OCH3 is 1. The Morgan fingerprint density at radius 2 is 2.25 bits per heavy atom. The zero-order valence-corrected chi connectivity index (χ0v) is 15.1. The highest BCUT2D eigenvalue weighted by Crippen LogP contribution is 2.33. The van der Waals surface area contributed by atoms with E-state index in [0.29, 0.717) is 11.4 Å². The predicted molar refractivity (Wildman–Crippen MR) is 90.0 cm³/mol. The molecule has 0 fully saturated rings. The highest BCUT2D eigenvalue weighted by Gasteiger charge is 2.23. The number of benzene rings is 1. The summed E-state index contributed by atoms with van der Waals surface area (Å²) in [5.41, 5.74) is 1.54. The molecule has 1 unspecified atom stereocenters. The summed E-state index contributed by atoms with van der Waals surface area (Å²) in [6.07, 6.45) is 1.84. The van der Waals surface area contributed by atoms with E-state index in [1.165, 1.54) is 0 Å². The summed E-state index contributed by atoms with van der Waals surface area (Å²) in [5.74, 6) is 0.613. The second-order valence-corrected chi connectivity index (χ2v) is 6.47. The van der Waals surface area contributed by atoms with Crippen LogP contribution in [0.25, 0.3) is 0 Å². The fraction of sp³-hybridized carbons (Fsp3) is 0.357. The van der Waals surface area contributed by atoms with Gasteiger partial charge < -0.3 is 9.84 Å². The Bertz CT molecular complexity index is 601. The van der Waals surface area contributed by atoms with Crippen molar-refractivity contribution >= 4 is 38.5 Å². The van der Waals surface area contributed by atoms with Gasteiger partial charge in [-0.25, -0.2) is 0 Å². The summed E-state index contributed by atoms with van der Waals surface area (Å²) in [4.78, 5) is 0. The number of halogens is 2. The average molecular weight is 451 g/mol. The van der Waals surface area contributed by atoms with Crippen molar-refractivity contribution in [2.45, 2.75) is 26.0 Å². The summed E-state index contributed by atoms with van der Waals surface area (Å²) in [6, 6.07) is 5.85. The van der Waals surface area contributed by atoms with Crippen LogP contribution in [0.15, 0.2) is 28.9 Å². The molecule has 2 rings (SSSR count). The minimum absolute atomic E-state index is 0.613. The first-order valence-corrected chi connectivity index (χ1v) is 8.18. The molecule has 0 aliphatic rings. The first-order valence-electron chi connectivity index (χ1n) is 6.31. The Morgan fingerprint density at radius 1 is 1.50 bits per heavy atom.